The van der Waals surface area contributed by atoms with Gasteiger partial charge in [-0.3, -0.25) is 0 Å². The van der Waals surface area contributed by atoms with Gasteiger partial charge >= 0.3 is 0 Å². The average molecular weight is 225 g/mol. The maximum absolute atomic E-state index is 5.81. The van der Waals surface area contributed by atoms with Crippen LogP contribution in [-0.2, 0) is 0 Å². The number of anilines is 1. The molecular weight excluding hydrogens is 216 g/mol. The van der Waals surface area contributed by atoms with Crippen LogP contribution in [0.5, 0.6) is 0 Å². The van der Waals surface area contributed by atoms with Crippen LogP contribution in [0.4, 0.5) is 5.13 Å². The van der Waals surface area contributed by atoms with Crippen molar-refractivity contribution < 1.29 is 0 Å². The number of aryl methyl sites for hydroxylation is 1. The van der Waals surface area contributed by atoms with Gasteiger partial charge in [0.25, 0.3) is 0 Å². The van der Waals surface area contributed by atoms with E-state index >= 15 is 0 Å². The monoisotopic (exact) mass is 224 g/mol. The Hall–Kier alpha value is -1.06. The highest BCUT2D eigenvalue weighted by Gasteiger charge is 2.06. The number of benzene rings is 1. The number of nitrogen functional groups attached to an aromatic ring is 1. The summed E-state index contributed by atoms with van der Waals surface area (Å²) in [6, 6.07) is 7.68. The van der Waals surface area contributed by atoms with Crippen LogP contribution < -0.4 is 5.73 Å². The molecule has 72 valence electrons. The van der Waals surface area contributed by atoms with E-state index in [0.717, 1.165) is 21.2 Å². The molecule has 0 atom stereocenters. The summed E-state index contributed by atoms with van der Waals surface area (Å²) in [4.78, 5) is 5.28. The quantitative estimate of drug-likeness (QED) is 0.807. The summed E-state index contributed by atoms with van der Waals surface area (Å²) < 4.78 is 0. The summed E-state index contributed by atoms with van der Waals surface area (Å²) in [7, 11) is 0. The molecule has 0 aliphatic heterocycles. The number of hydrogen-bond acceptors (Lipinski definition) is 3. The Labute approximate surface area is 91.4 Å². The minimum atomic E-state index is 0.604. The normalized spacial score (nSPS) is 10.4. The fourth-order valence-electron chi connectivity index (χ4n) is 1.29. The van der Waals surface area contributed by atoms with Crippen LogP contribution in [-0.4, -0.2) is 4.98 Å². The van der Waals surface area contributed by atoms with Crippen molar-refractivity contribution in [3.05, 3.63) is 35.0 Å². The molecule has 2 rings (SSSR count). The highest BCUT2D eigenvalue weighted by Crippen LogP contribution is 2.31. The molecule has 1 aromatic heterocycles. The topological polar surface area (TPSA) is 38.9 Å². The summed E-state index contributed by atoms with van der Waals surface area (Å²) in [6.45, 7) is 1.96. The van der Waals surface area contributed by atoms with Crippen LogP contribution in [0.2, 0.25) is 5.02 Å². The number of aromatic nitrogens is 1. The molecule has 1 aromatic carbocycles. The molecule has 4 heteroatoms. The van der Waals surface area contributed by atoms with Crippen molar-refractivity contribution in [2.24, 2.45) is 0 Å². The number of rotatable bonds is 1. The van der Waals surface area contributed by atoms with Crippen molar-refractivity contribution >= 4 is 28.1 Å². The predicted molar refractivity (Wildman–Crippen MR) is 61.7 cm³/mol. The zero-order valence-electron chi connectivity index (χ0n) is 7.62. The Morgan fingerprint density at radius 3 is 2.43 bits per heavy atom. The van der Waals surface area contributed by atoms with Crippen LogP contribution in [0.15, 0.2) is 24.3 Å². The molecule has 0 saturated carbocycles. The lowest BCUT2D eigenvalue weighted by Gasteiger charge is -1.97. The second-order valence-electron chi connectivity index (χ2n) is 2.97. The lowest BCUT2D eigenvalue weighted by molar-refractivity contribution is 1.27. The van der Waals surface area contributed by atoms with Gasteiger partial charge in [-0.15, -0.1) is 0 Å². The molecule has 0 aliphatic carbocycles. The zero-order chi connectivity index (χ0) is 10.1. The number of nitrogens with zero attached hydrogens (tertiary/aromatic N) is 1. The van der Waals surface area contributed by atoms with Crippen molar-refractivity contribution in [1.29, 1.82) is 0 Å². The molecule has 0 bridgehead atoms. The van der Waals surface area contributed by atoms with Crippen LogP contribution >= 0.6 is 22.9 Å². The molecule has 0 saturated heterocycles. The van der Waals surface area contributed by atoms with E-state index in [9.17, 15) is 0 Å². The van der Waals surface area contributed by atoms with Gasteiger partial charge in [-0.05, 0) is 24.6 Å². The number of thiazole rings is 1. The van der Waals surface area contributed by atoms with Gasteiger partial charge in [-0.25, -0.2) is 4.98 Å². The van der Waals surface area contributed by atoms with Crippen molar-refractivity contribution in [1.82, 2.24) is 4.98 Å². The van der Waals surface area contributed by atoms with Gasteiger partial charge in [-0.1, -0.05) is 35.1 Å². The van der Waals surface area contributed by atoms with Crippen molar-refractivity contribution in [2.75, 3.05) is 5.73 Å². The fraction of sp³-hybridized carbons (Fsp3) is 0.100. The van der Waals surface area contributed by atoms with E-state index in [0.29, 0.717) is 5.13 Å². The number of hydrogen-bond donors (Lipinski definition) is 1. The molecular formula is C10H9ClN2S. The van der Waals surface area contributed by atoms with Gasteiger partial charge in [-0.2, -0.15) is 0 Å². The minimum absolute atomic E-state index is 0.604. The SMILES string of the molecule is Cc1nc(N)sc1-c1ccc(Cl)cc1. The smallest absolute Gasteiger partial charge is 0.180 e. The van der Waals surface area contributed by atoms with E-state index in [4.69, 9.17) is 17.3 Å². The molecule has 1 heterocycles. The summed E-state index contributed by atoms with van der Waals surface area (Å²) in [5.74, 6) is 0. The van der Waals surface area contributed by atoms with Gasteiger partial charge in [0.1, 0.15) is 0 Å². The van der Waals surface area contributed by atoms with Crippen molar-refractivity contribution in [3.8, 4) is 10.4 Å². The second-order valence-corrected chi connectivity index (χ2v) is 4.44. The van der Waals surface area contributed by atoms with Gasteiger partial charge in [0.2, 0.25) is 0 Å². The maximum atomic E-state index is 5.81. The van der Waals surface area contributed by atoms with E-state index in [-0.39, 0.29) is 0 Å². The van der Waals surface area contributed by atoms with Gasteiger partial charge in [0, 0.05) is 5.02 Å². The van der Waals surface area contributed by atoms with E-state index in [1.165, 1.54) is 11.3 Å². The molecule has 0 spiro atoms. The maximum Gasteiger partial charge on any atom is 0.180 e. The molecule has 2 nitrogen and oxygen atoms in total. The standard InChI is InChI=1S/C10H9ClN2S/c1-6-9(14-10(12)13-6)7-2-4-8(11)5-3-7/h2-5H,1H3,(H2,12,13). The first-order valence-corrected chi connectivity index (χ1v) is 5.35. The van der Waals surface area contributed by atoms with Crippen molar-refractivity contribution in [3.63, 3.8) is 0 Å². The van der Waals surface area contributed by atoms with E-state index in [1.54, 1.807) is 0 Å². The summed E-state index contributed by atoms with van der Waals surface area (Å²) in [5.41, 5.74) is 7.71. The predicted octanol–water partition coefficient (Wildman–Crippen LogP) is 3.35. The molecule has 0 aliphatic rings. The number of halogens is 1. The summed E-state index contributed by atoms with van der Waals surface area (Å²) in [6.07, 6.45) is 0. The molecule has 14 heavy (non-hydrogen) atoms. The highest BCUT2D eigenvalue weighted by molar-refractivity contribution is 7.18. The lowest BCUT2D eigenvalue weighted by Crippen LogP contribution is -1.81. The zero-order valence-corrected chi connectivity index (χ0v) is 9.19. The van der Waals surface area contributed by atoms with E-state index in [2.05, 4.69) is 4.98 Å². The third kappa shape index (κ3) is 1.74. The molecule has 0 unspecified atom stereocenters. The Morgan fingerprint density at radius 2 is 1.93 bits per heavy atom. The van der Waals surface area contributed by atoms with Crippen molar-refractivity contribution in [2.45, 2.75) is 6.92 Å². The molecule has 0 fully saturated rings. The molecule has 0 amide bonds. The Bertz CT molecular complexity index is 448. The third-order valence-corrected chi connectivity index (χ3v) is 3.21. The van der Waals surface area contributed by atoms with E-state index < -0.39 is 0 Å². The molecule has 0 radical (unpaired) electrons. The Balaban J connectivity index is 2.49. The van der Waals surface area contributed by atoms with Crippen LogP contribution in [0.25, 0.3) is 10.4 Å². The van der Waals surface area contributed by atoms with Gasteiger partial charge < -0.3 is 5.73 Å². The fourth-order valence-corrected chi connectivity index (χ4v) is 2.25. The Morgan fingerprint density at radius 1 is 1.29 bits per heavy atom. The first-order valence-electron chi connectivity index (χ1n) is 4.15. The summed E-state index contributed by atoms with van der Waals surface area (Å²) in [5, 5.41) is 1.34. The largest absolute Gasteiger partial charge is 0.375 e. The van der Waals surface area contributed by atoms with Crippen LogP contribution in [0.1, 0.15) is 5.69 Å². The first-order chi connectivity index (χ1) is 6.66. The van der Waals surface area contributed by atoms with Gasteiger partial charge in [0.15, 0.2) is 5.13 Å². The van der Waals surface area contributed by atoms with E-state index in [1.807, 2.05) is 31.2 Å². The molecule has 2 aromatic rings. The molecule has 2 N–H and O–H groups in total. The third-order valence-electron chi connectivity index (χ3n) is 1.92. The van der Waals surface area contributed by atoms with Crippen LogP contribution in [0.3, 0.4) is 0 Å². The van der Waals surface area contributed by atoms with Gasteiger partial charge in [0.05, 0.1) is 10.6 Å². The van der Waals surface area contributed by atoms with Crippen LogP contribution in [0, 0.1) is 6.92 Å². The Kier molecular flexibility index (Phi) is 2.44. The second kappa shape index (κ2) is 3.59. The lowest BCUT2D eigenvalue weighted by atomic mass is 10.2. The number of nitrogens with two attached hydrogens (primary N) is 1. The summed E-state index contributed by atoms with van der Waals surface area (Å²) >= 11 is 7.30. The first kappa shape index (κ1) is 9.49. The average Bonchev–Trinajstić information content (AvgIpc) is 2.47. The highest BCUT2D eigenvalue weighted by atomic mass is 35.5. The minimum Gasteiger partial charge on any atom is -0.375 e.